The van der Waals surface area contributed by atoms with Gasteiger partial charge in [0.2, 0.25) is 0 Å². The number of nitrogens with one attached hydrogen (secondary N) is 1. The third kappa shape index (κ3) is 3.82. The van der Waals surface area contributed by atoms with Crippen molar-refractivity contribution in [3.8, 4) is 0 Å². The van der Waals surface area contributed by atoms with Crippen LogP contribution in [0.25, 0.3) is 0 Å². The van der Waals surface area contributed by atoms with Crippen LogP contribution in [-0.4, -0.2) is 34.8 Å². The molecule has 2 aromatic heterocycles. The lowest BCUT2D eigenvalue weighted by Gasteiger charge is -2.30. The van der Waals surface area contributed by atoms with Gasteiger partial charge in [0, 0.05) is 13.1 Å². The second-order valence-corrected chi connectivity index (χ2v) is 6.17. The van der Waals surface area contributed by atoms with Gasteiger partial charge in [-0.05, 0) is 43.0 Å². The molecule has 1 aliphatic heterocycles. The molecule has 24 heavy (non-hydrogen) atoms. The lowest BCUT2D eigenvalue weighted by atomic mass is 10.00. The Morgan fingerprint density at radius 1 is 1.29 bits per heavy atom. The van der Waals surface area contributed by atoms with Crippen LogP contribution < -0.4 is 5.32 Å². The summed E-state index contributed by atoms with van der Waals surface area (Å²) in [4.78, 5) is 30.8. The van der Waals surface area contributed by atoms with E-state index < -0.39 is 0 Å². The quantitative estimate of drug-likeness (QED) is 0.936. The van der Waals surface area contributed by atoms with Crippen molar-refractivity contribution in [2.75, 3.05) is 13.1 Å². The van der Waals surface area contributed by atoms with Crippen molar-refractivity contribution in [3.63, 3.8) is 0 Å². The number of carbonyl (C=O) groups is 2. The maximum atomic E-state index is 12.6. The van der Waals surface area contributed by atoms with Crippen LogP contribution in [0.5, 0.6) is 0 Å². The normalized spacial score (nSPS) is 17.5. The predicted octanol–water partition coefficient (Wildman–Crippen LogP) is 2.48. The van der Waals surface area contributed by atoms with Gasteiger partial charge >= 0.3 is 0 Å². The number of aromatic nitrogens is 1. The molecule has 0 aliphatic carbocycles. The highest BCUT2D eigenvalue weighted by Crippen LogP contribution is 2.17. The minimum atomic E-state index is -0.326. The summed E-state index contributed by atoms with van der Waals surface area (Å²) in [5, 5.41) is 2.73. The summed E-state index contributed by atoms with van der Waals surface area (Å²) in [5.41, 5.74) is 0.548. The van der Waals surface area contributed by atoms with E-state index in [0.29, 0.717) is 17.4 Å². The Morgan fingerprint density at radius 2 is 2.12 bits per heavy atom. The van der Waals surface area contributed by atoms with Crippen molar-refractivity contribution < 1.29 is 14.0 Å². The van der Waals surface area contributed by atoms with Crippen molar-refractivity contribution in [1.29, 1.82) is 0 Å². The monoisotopic (exact) mass is 327 g/mol. The zero-order chi connectivity index (χ0) is 16.9. The number of amides is 2. The van der Waals surface area contributed by atoms with Gasteiger partial charge in [-0.3, -0.25) is 9.59 Å². The number of rotatable bonds is 4. The second-order valence-electron chi connectivity index (χ2n) is 6.17. The molecule has 1 unspecified atom stereocenters. The fourth-order valence-electron chi connectivity index (χ4n) is 2.89. The summed E-state index contributed by atoms with van der Waals surface area (Å²) in [5.74, 6) is 0.732. The summed E-state index contributed by atoms with van der Waals surface area (Å²) in [6.07, 6.45) is 3.71. The molecular formula is C18H21N3O3. The summed E-state index contributed by atoms with van der Waals surface area (Å²) in [6, 6.07) is 8.50. The maximum absolute atomic E-state index is 12.6. The van der Waals surface area contributed by atoms with Gasteiger partial charge in [0.1, 0.15) is 17.1 Å². The number of pyridine rings is 1. The maximum Gasteiger partial charge on any atom is 0.272 e. The molecule has 0 saturated carbocycles. The number of hydrogen-bond donors (Lipinski definition) is 1. The highest BCUT2D eigenvalue weighted by atomic mass is 16.3. The average Bonchev–Trinajstić information content (AvgIpc) is 3.12. The molecule has 1 aliphatic rings. The van der Waals surface area contributed by atoms with Gasteiger partial charge in [-0.25, -0.2) is 4.98 Å². The number of hydrogen-bond acceptors (Lipinski definition) is 4. The van der Waals surface area contributed by atoms with Gasteiger partial charge in [-0.1, -0.05) is 13.0 Å². The molecular weight excluding hydrogens is 306 g/mol. The first-order valence-electron chi connectivity index (χ1n) is 8.20. The number of carbonyl (C=O) groups excluding carboxylic acids is 2. The van der Waals surface area contributed by atoms with Gasteiger partial charge in [-0.2, -0.15) is 0 Å². The summed E-state index contributed by atoms with van der Waals surface area (Å²) < 4.78 is 5.18. The first-order chi connectivity index (χ1) is 11.6. The lowest BCUT2D eigenvalue weighted by molar-refractivity contribution is 0.0677. The molecule has 2 amide bonds. The fraction of sp³-hybridized carbons (Fsp3) is 0.389. The van der Waals surface area contributed by atoms with Crippen molar-refractivity contribution in [1.82, 2.24) is 15.2 Å². The Labute approximate surface area is 140 Å². The Balaban J connectivity index is 1.66. The van der Waals surface area contributed by atoms with E-state index in [-0.39, 0.29) is 24.1 Å². The van der Waals surface area contributed by atoms with Crippen LogP contribution in [0.4, 0.5) is 0 Å². The third-order valence-corrected chi connectivity index (χ3v) is 4.15. The molecule has 1 N–H and O–H groups in total. The van der Waals surface area contributed by atoms with Gasteiger partial charge in [0.05, 0.1) is 12.8 Å². The number of furan rings is 1. The minimum Gasteiger partial charge on any atom is -0.467 e. The topological polar surface area (TPSA) is 75.4 Å². The molecule has 6 nitrogen and oxygen atoms in total. The molecule has 3 rings (SSSR count). The smallest absolute Gasteiger partial charge is 0.272 e. The third-order valence-electron chi connectivity index (χ3n) is 4.15. The standard InChI is InChI=1S/C18H21N3O3/c1-13-5-3-9-21(12-13)18(23)16-8-2-7-15(20-16)17(22)19-11-14-6-4-10-24-14/h2,4,6-8,10,13H,3,5,9,11-12H2,1H3,(H,19,22). The van der Waals surface area contributed by atoms with E-state index >= 15 is 0 Å². The van der Waals surface area contributed by atoms with E-state index in [1.165, 1.54) is 0 Å². The molecule has 0 radical (unpaired) electrons. The molecule has 0 spiro atoms. The van der Waals surface area contributed by atoms with Crippen molar-refractivity contribution in [2.45, 2.75) is 26.3 Å². The molecule has 1 saturated heterocycles. The zero-order valence-corrected chi connectivity index (χ0v) is 13.7. The first-order valence-corrected chi connectivity index (χ1v) is 8.20. The SMILES string of the molecule is CC1CCCN(C(=O)c2cccc(C(=O)NCc3ccco3)n2)C1. The summed E-state index contributed by atoms with van der Waals surface area (Å²) in [6.45, 7) is 3.93. The van der Waals surface area contributed by atoms with Crippen LogP contribution in [0.1, 0.15) is 46.5 Å². The van der Waals surface area contributed by atoms with E-state index in [4.69, 9.17) is 4.42 Å². The Kier molecular flexibility index (Phi) is 4.93. The zero-order valence-electron chi connectivity index (χ0n) is 13.7. The molecule has 0 bridgehead atoms. The van der Waals surface area contributed by atoms with E-state index in [2.05, 4.69) is 17.2 Å². The largest absolute Gasteiger partial charge is 0.467 e. The Bertz CT molecular complexity index is 712. The molecule has 6 heteroatoms. The van der Waals surface area contributed by atoms with E-state index in [1.807, 2.05) is 4.90 Å². The van der Waals surface area contributed by atoms with E-state index in [9.17, 15) is 9.59 Å². The van der Waals surface area contributed by atoms with Gasteiger partial charge in [0.25, 0.3) is 11.8 Å². The van der Waals surface area contributed by atoms with Crippen LogP contribution in [0, 0.1) is 5.92 Å². The van der Waals surface area contributed by atoms with Crippen molar-refractivity contribution >= 4 is 11.8 Å². The second kappa shape index (κ2) is 7.29. The number of piperidine rings is 1. The van der Waals surface area contributed by atoms with Crippen molar-refractivity contribution in [2.24, 2.45) is 5.92 Å². The highest BCUT2D eigenvalue weighted by molar-refractivity contribution is 5.96. The van der Waals surface area contributed by atoms with Gasteiger partial charge in [0.15, 0.2) is 0 Å². The van der Waals surface area contributed by atoms with Crippen molar-refractivity contribution in [3.05, 3.63) is 53.7 Å². The Hall–Kier alpha value is -2.63. The number of nitrogens with zero attached hydrogens (tertiary/aromatic N) is 2. The van der Waals surface area contributed by atoms with Crippen LogP contribution in [0.15, 0.2) is 41.0 Å². The highest BCUT2D eigenvalue weighted by Gasteiger charge is 2.23. The van der Waals surface area contributed by atoms with Gasteiger partial charge < -0.3 is 14.6 Å². The van der Waals surface area contributed by atoms with Crippen LogP contribution in [0.3, 0.4) is 0 Å². The molecule has 1 fully saturated rings. The molecule has 0 aromatic carbocycles. The van der Waals surface area contributed by atoms with Gasteiger partial charge in [-0.15, -0.1) is 0 Å². The molecule has 3 heterocycles. The fourth-order valence-corrected chi connectivity index (χ4v) is 2.89. The molecule has 2 aromatic rings. The summed E-state index contributed by atoms with van der Waals surface area (Å²) >= 11 is 0. The minimum absolute atomic E-state index is 0.109. The summed E-state index contributed by atoms with van der Waals surface area (Å²) in [7, 11) is 0. The lowest BCUT2D eigenvalue weighted by Crippen LogP contribution is -2.39. The predicted molar refractivity (Wildman–Crippen MR) is 88.4 cm³/mol. The average molecular weight is 327 g/mol. The van der Waals surface area contributed by atoms with E-state index in [1.54, 1.807) is 36.6 Å². The Morgan fingerprint density at radius 3 is 2.88 bits per heavy atom. The number of likely N-dealkylation sites (tertiary alicyclic amines) is 1. The first kappa shape index (κ1) is 16.2. The van der Waals surface area contributed by atoms with E-state index in [0.717, 1.165) is 25.9 Å². The van der Waals surface area contributed by atoms with Crippen LogP contribution in [0.2, 0.25) is 0 Å². The molecule has 1 atom stereocenters. The molecule has 126 valence electrons. The van der Waals surface area contributed by atoms with Crippen LogP contribution >= 0.6 is 0 Å². The van der Waals surface area contributed by atoms with Crippen LogP contribution in [-0.2, 0) is 6.54 Å².